The monoisotopic (exact) mass is 404 g/mol. The number of benzene rings is 2. The highest BCUT2D eigenvalue weighted by Gasteiger charge is 2.13. The van der Waals surface area contributed by atoms with E-state index in [4.69, 9.17) is 0 Å². The first kappa shape index (κ1) is 19.1. The van der Waals surface area contributed by atoms with Crippen molar-refractivity contribution in [3.05, 3.63) is 64.1 Å². The van der Waals surface area contributed by atoms with E-state index in [2.05, 4.69) is 45.6 Å². The van der Waals surface area contributed by atoms with Crippen LogP contribution in [0.1, 0.15) is 11.1 Å². The Hall–Kier alpha value is -2.18. The van der Waals surface area contributed by atoms with Crippen LogP contribution in [0.25, 0.3) is 0 Å². The number of hydrogen-bond donors (Lipinski definition) is 3. The predicted molar refractivity (Wildman–Crippen MR) is 102 cm³/mol. The van der Waals surface area contributed by atoms with E-state index < -0.39 is 0 Å². The van der Waals surface area contributed by atoms with Crippen molar-refractivity contribution in [1.82, 2.24) is 5.32 Å². The second kappa shape index (κ2) is 9.34. The van der Waals surface area contributed by atoms with E-state index in [1.807, 2.05) is 37.4 Å². The lowest BCUT2D eigenvalue weighted by Gasteiger charge is -2.15. The Morgan fingerprint density at radius 2 is 1.72 bits per heavy atom. The molecule has 0 saturated carbocycles. The summed E-state index contributed by atoms with van der Waals surface area (Å²) in [4.78, 5) is 25.0. The highest BCUT2D eigenvalue weighted by molar-refractivity contribution is 9.10. The lowest BCUT2D eigenvalue weighted by atomic mass is 10.1. The Morgan fingerprint density at radius 1 is 1.04 bits per heavy atom. The first-order valence-corrected chi connectivity index (χ1v) is 8.92. The van der Waals surface area contributed by atoms with Gasteiger partial charge in [-0.15, -0.1) is 0 Å². The zero-order chi connectivity index (χ0) is 18.2. The van der Waals surface area contributed by atoms with Crippen molar-refractivity contribution in [3.8, 4) is 0 Å². The SMILES string of the molecule is Cc1ccccc1C[NH+](C)CC(=O)NCC(=O)Nc1ccccc1Br. The van der Waals surface area contributed by atoms with E-state index in [0.29, 0.717) is 12.2 Å². The molecule has 0 aliphatic carbocycles. The van der Waals surface area contributed by atoms with Crippen molar-refractivity contribution in [2.45, 2.75) is 13.5 Å². The molecule has 2 rings (SSSR count). The summed E-state index contributed by atoms with van der Waals surface area (Å²) in [7, 11) is 1.97. The third-order valence-electron chi connectivity index (χ3n) is 3.81. The van der Waals surface area contributed by atoms with Crippen molar-refractivity contribution in [2.24, 2.45) is 0 Å². The highest BCUT2D eigenvalue weighted by Crippen LogP contribution is 2.20. The maximum atomic E-state index is 12.0. The van der Waals surface area contributed by atoms with Crippen LogP contribution in [-0.2, 0) is 16.1 Å². The predicted octanol–water partition coefficient (Wildman–Crippen LogP) is 1.53. The Bertz CT molecular complexity index is 749. The van der Waals surface area contributed by atoms with Crippen LogP contribution < -0.4 is 15.5 Å². The molecule has 2 aromatic carbocycles. The standard InChI is InChI=1S/C19H22BrN3O2/c1-14-7-3-4-8-15(14)12-23(2)13-19(25)21-11-18(24)22-17-10-6-5-9-16(17)20/h3-10H,11-13H2,1-2H3,(H,21,25)(H,22,24)/p+1. The normalized spacial score (nSPS) is 11.6. The highest BCUT2D eigenvalue weighted by atomic mass is 79.9. The number of hydrogen-bond acceptors (Lipinski definition) is 2. The van der Waals surface area contributed by atoms with Gasteiger partial charge in [-0.1, -0.05) is 36.4 Å². The topological polar surface area (TPSA) is 62.6 Å². The zero-order valence-corrected chi connectivity index (χ0v) is 16.0. The minimum Gasteiger partial charge on any atom is -0.342 e. The van der Waals surface area contributed by atoms with Gasteiger partial charge in [0.25, 0.3) is 5.91 Å². The molecule has 0 bridgehead atoms. The number of nitrogens with one attached hydrogen (secondary N) is 3. The summed E-state index contributed by atoms with van der Waals surface area (Å²) in [5.41, 5.74) is 3.12. The molecule has 1 atom stereocenters. The molecular formula is C19H23BrN3O2+. The van der Waals surface area contributed by atoms with Crippen molar-refractivity contribution in [1.29, 1.82) is 0 Å². The molecule has 0 aliphatic rings. The number of quaternary nitrogens is 1. The lowest BCUT2D eigenvalue weighted by Crippen LogP contribution is -3.09. The van der Waals surface area contributed by atoms with Gasteiger partial charge in [-0.2, -0.15) is 0 Å². The molecule has 132 valence electrons. The maximum absolute atomic E-state index is 12.0. The minimum absolute atomic E-state index is 0.0438. The number of carbonyl (C=O) groups is 2. The first-order valence-electron chi connectivity index (χ1n) is 8.12. The summed E-state index contributed by atoms with van der Waals surface area (Å²) in [5, 5.41) is 5.43. The van der Waals surface area contributed by atoms with E-state index in [1.165, 1.54) is 11.1 Å². The summed E-state index contributed by atoms with van der Waals surface area (Å²) < 4.78 is 0.803. The summed E-state index contributed by atoms with van der Waals surface area (Å²) in [6, 6.07) is 15.5. The van der Waals surface area contributed by atoms with Crippen LogP contribution in [0.4, 0.5) is 5.69 Å². The third-order valence-corrected chi connectivity index (χ3v) is 4.50. The number of amides is 2. The fourth-order valence-electron chi connectivity index (χ4n) is 2.47. The van der Waals surface area contributed by atoms with Gasteiger partial charge in [0.2, 0.25) is 5.91 Å². The summed E-state index contributed by atoms with van der Waals surface area (Å²) >= 11 is 3.37. The number of anilines is 1. The fraction of sp³-hybridized carbons (Fsp3) is 0.263. The fourth-order valence-corrected chi connectivity index (χ4v) is 2.85. The average Bonchev–Trinajstić information content (AvgIpc) is 2.57. The van der Waals surface area contributed by atoms with Gasteiger partial charge in [0.15, 0.2) is 6.54 Å². The van der Waals surface area contributed by atoms with E-state index in [1.54, 1.807) is 6.07 Å². The summed E-state index contributed by atoms with van der Waals surface area (Å²) in [6.45, 7) is 3.10. The number of halogens is 1. The number of carbonyl (C=O) groups excluding carboxylic acids is 2. The Kier molecular flexibility index (Phi) is 7.16. The van der Waals surface area contributed by atoms with Crippen molar-refractivity contribution in [2.75, 3.05) is 25.5 Å². The molecule has 0 spiro atoms. The van der Waals surface area contributed by atoms with E-state index in [9.17, 15) is 9.59 Å². The van der Waals surface area contributed by atoms with Gasteiger partial charge in [0.05, 0.1) is 19.3 Å². The zero-order valence-electron chi connectivity index (χ0n) is 14.4. The Labute approximate surface area is 156 Å². The Morgan fingerprint density at radius 3 is 2.44 bits per heavy atom. The van der Waals surface area contributed by atoms with E-state index >= 15 is 0 Å². The molecule has 0 aliphatic heterocycles. The van der Waals surface area contributed by atoms with Crippen LogP contribution in [0.5, 0.6) is 0 Å². The molecule has 2 aromatic rings. The summed E-state index contributed by atoms with van der Waals surface area (Å²) in [5.74, 6) is -0.398. The van der Waals surface area contributed by atoms with Gasteiger partial charge >= 0.3 is 0 Å². The molecule has 0 saturated heterocycles. The molecule has 0 heterocycles. The van der Waals surface area contributed by atoms with Gasteiger partial charge in [-0.05, 0) is 40.5 Å². The maximum Gasteiger partial charge on any atom is 0.275 e. The molecule has 0 radical (unpaired) electrons. The average molecular weight is 405 g/mol. The van der Waals surface area contributed by atoms with Crippen LogP contribution in [0.15, 0.2) is 53.0 Å². The van der Waals surface area contributed by atoms with Crippen molar-refractivity contribution >= 4 is 33.4 Å². The molecule has 1 unspecified atom stereocenters. The second-order valence-electron chi connectivity index (χ2n) is 6.04. The quantitative estimate of drug-likeness (QED) is 0.655. The number of para-hydroxylation sites is 1. The van der Waals surface area contributed by atoms with E-state index in [0.717, 1.165) is 15.9 Å². The largest absolute Gasteiger partial charge is 0.342 e. The number of likely N-dealkylation sites (N-methyl/N-ethyl adjacent to an activating group) is 1. The minimum atomic E-state index is -0.253. The first-order chi connectivity index (χ1) is 12.0. The van der Waals surface area contributed by atoms with Gasteiger partial charge in [0.1, 0.15) is 6.54 Å². The second-order valence-corrected chi connectivity index (χ2v) is 6.90. The molecule has 2 amide bonds. The van der Waals surface area contributed by atoms with Crippen molar-refractivity contribution < 1.29 is 14.5 Å². The van der Waals surface area contributed by atoms with Crippen LogP contribution in [0.3, 0.4) is 0 Å². The number of rotatable bonds is 7. The van der Waals surface area contributed by atoms with Crippen LogP contribution in [0.2, 0.25) is 0 Å². The third kappa shape index (κ3) is 6.32. The van der Waals surface area contributed by atoms with E-state index in [-0.39, 0.29) is 18.4 Å². The van der Waals surface area contributed by atoms with Gasteiger partial charge in [-0.3, -0.25) is 9.59 Å². The van der Waals surface area contributed by atoms with Crippen molar-refractivity contribution in [3.63, 3.8) is 0 Å². The molecule has 25 heavy (non-hydrogen) atoms. The Balaban J connectivity index is 1.75. The van der Waals surface area contributed by atoms with Crippen LogP contribution in [-0.4, -0.2) is 32.0 Å². The van der Waals surface area contributed by atoms with Crippen LogP contribution in [0, 0.1) is 6.92 Å². The molecular weight excluding hydrogens is 382 g/mol. The molecule has 0 fully saturated rings. The van der Waals surface area contributed by atoms with Crippen LogP contribution >= 0.6 is 15.9 Å². The van der Waals surface area contributed by atoms with Gasteiger partial charge < -0.3 is 15.5 Å². The molecule has 6 heteroatoms. The van der Waals surface area contributed by atoms with Gasteiger partial charge in [-0.25, -0.2) is 0 Å². The smallest absolute Gasteiger partial charge is 0.275 e. The number of aryl methyl sites for hydroxylation is 1. The molecule has 5 nitrogen and oxygen atoms in total. The van der Waals surface area contributed by atoms with Gasteiger partial charge in [0, 0.05) is 10.0 Å². The molecule has 3 N–H and O–H groups in total. The lowest BCUT2D eigenvalue weighted by molar-refractivity contribution is -0.885. The summed E-state index contributed by atoms with van der Waals surface area (Å²) in [6.07, 6.45) is 0. The molecule has 0 aromatic heterocycles.